The van der Waals surface area contributed by atoms with Crippen molar-refractivity contribution >= 4 is 17.4 Å². The zero-order valence-electron chi connectivity index (χ0n) is 14.1. The van der Waals surface area contributed by atoms with Gasteiger partial charge in [0.2, 0.25) is 0 Å². The molecular weight excluding hydrogens is 324 g/mol. The molecule has 1 aromatic carbocycles. The third kappa shape index (κ3) is 3.45. The fourth-order valence-electron chi connectivity index (χ4n) is 3.37. The summed E-state index contributed by atoms with van der Waals surface area (Å²) >= 11 is 1.62. The van der Waals surface area contributed by atoms with Crippen LogP contribution in [-0.2, 0) is 5.75 Å². The first-order valence-electron chi connectivity index (χ1n) is 8.35. The Balaban J connectivity index is 1.78. The van der Waals surface area contributed by atoms with E-state index in [0.29, 0.717) is 11.8 Å². The zero-order valence-corrected chi connectivity index (χ0v) is 14.9. The van der Waals surface area contributed by atoms with Crippen molar-refractivity contribution in [3.63, 3.8) is 0 Å². The molecule has 2 aromatic rings. The molecule has 1 heterocycles. The normalized spacial score (nSPS) is 15.6. The van der Waals surface area contributed by atoms with E-state index in [0.717, 1.165) is 22.1 Å². The predicted octanol–water partition coefficient (Wildman–Crippen LogP) is 4.60. The van der Waals surface area contributed by atoms with E-state index >= 15 is 0 Å². The summed E-state index contributed by atoms with van der Waals surface area (Å²) in [5, 5.41) is 20.6. The molecule has 24 heavy (non-hydrogen) atoms. The summed E-state index contributed by atoms with van der Waals surface area (Å²) in [4.78, 5) is 10.8. The topological polar surface area (TPSA) is 73.8 Å². The number of thioether (sulfide) groups is 1. The first kappa shape index (κ1) is 17.0. The van der Waals surface area contributed by atoms with E-state index in [1.807, 2.05) is 19.9 Å². The Labute approximate surface area is 145 Å². The van der Waals surface area contributed by atoms with Gasteiger partial charge in [-0.2, -0.15) is 0 Å². The highest BCUT2D eigenvalue weighted by molar-refractivity contribution is 7.98. The molecule has 1 aliphatic rings. The van der Waals surface area contributed by atoms with Crippen LogP contribution in [0.15, 0.2) is 23.4 Å². The van der Waals surface area contributed by atoms with Gasteiger partial charge in [0.1, 0.15) is 5.82 Å². The molecular formula is C17H22N4O2S. The molecule has 0 amide bonds. The van der Waals surface area contributed by atoms with E-state index < -0.39 is 0 Å². The minimum atomic E-state index is -0.321. The van der Waals surface area contributed by atoms with E-state index in [9.17, 15) is 10.1 Å². The quantitative estimate of drug-likeness (QED) is 0.449. The molecule has 6 nitrogen and oxygen atoms in total. The molecule has 0 atom stereocenters. The number of nitro groups is 1. The summed E-state index contributed by atoms with van der Waals surface area (Å²) < 4.78 is 2.26. The van der Waals surface area contributed by atoms with Gasteiger partial charge in [-0.05, 0) is 32.3 Å². The van der Waals surface area contributed by atoms with Crippen molar-refractivity contribution in [3.05, 3.63) is 45.3 Å². The highest BCUT2D eigenvalue weighted by Crippen LogP contribution is 2.34. The lowest BCUT2D eigenvalue weighted by Crippen LogP contribution is -2.15. The minimum absolute atomic E-state index is 0.179. The van der Waals surface area contributed by atoms with Crippen molar-refractivity contribution in [1.82, 2.24) is 14.8 Å². The van der Waals surface area contributed by atoms with Crippen LogP contribution in [0.1, 0.15) is 55.1 Å². The Hall–Kier alpha value is -1.89. The molecule has 0 N–H and O–H groups in total. The average molecular weight is 346 g/mol. The van der Waals surface area contributed by atoms with Crippen molar-refractivity contribution in [3.8, 4) is 0 Å². The largest absolute Gasteiger partial charge is 0.303 e. The fourth-order valence-corrected chi connectivity index (χ4v) is 4.49. The minimum Gasteiger partial charge on any atom is -0.303 e. The fraction of sp³-hybridized carbons (Fsp3) is 0.529. The lowest BCUT2D eigenvalue weighted by Gasteiger charge is -2.25. The number of hydrogen-bond acceptors (Lipinski definition) is 5. The van der Waals surface area contributed by atoms with Crippen molar-refractivity contribution in [2.24, 2.45) is 0 Å². The number of nitrogens with zero attached hydrogens (tertiary/aromatic N) is 4. The molecule has 1 fully saturated rings. The molecule has 0 saturated heterocycles. The van der Waals surface area contributed by atoms with Gasteiger partial charge < -0.3 is 4.57 Å². The second-order valence-electron chi connectivity index (χ2n) is 6.30. The molecule has 0 radical (unpaired) electrons. The van der Waals surface area contributed by atoms with Gasteiger partial charge in [-0.15, -0.1) is 10.2 Å². The smallest absolute Gasteiger partial charge is 0.272 e. The maximum Gasteiger partial charge on any atom is 0.272 e. The van der Waals surface area contributed by atoms with E-state index in [1.165, 1.54) is 32.1 Å². The van der Waals surface area contributed by atoms with Crippen LogP contribution in [0.3, 0.4) is 0 Å². The highest BCUT2D eigenvalue weighted by Gasteiger charge is 2.22. The van der Waals surface area contributed by atoms with Gasteiger partial charge in [-0.1, -0.05) is 43.2 Å². The van der Waals surface area contributed by atoms with Crippen LogP contribution in [-0.4, -0.2) is 19.7 Å². The van der Waals surface area contributed by atoms with Crippen LogP contribution in [0.2, 0.25) is 0 Å². The Bertz CT molecular complexity index is 738. The maximum atomic E-state index is 11.1. The monoisotopic (exact) mass is 346 g/mol. The third-order valence-electron chi connectivity index (χ3n) is 4.75. The van der Waals surface area contributed by atoms with Crippen LogP contribution >= 0.6 is 11.8 Å². The van der Waals surface area contributed by atoms with Gasteiger partial charge in [-0.3, -0.25) is 10.1 Å². The lowest BCUT2D eigenvalue weighted by atomic mass is 9.95. The average Bonchev–Trinajstić information content (AvgIpc) is 2.95. The Morgan fingerprint density at radius 1 is 1.25 bits per heavy atom. The molecule has 0 aliphatic heterocycles. The number of benzene rings is 1. The Kier molecular flexibility index (Phi) is 5.18. The Morgan fingerprint density at radius 2 is 2.00 bits per heavy atom. The second-order valence-corrected chi connectivity index (χ2v) is 7.24. The SMILES string of the molecule is Cc1c(CSc2nnc(C)n2C2CCCCC2)cccc1[N+](=O)[O-]. The molecule has 3 rings (SSSR count). The van der Waals surface area contributed by atoms with Crippen molar-refractivity contribution in [2.75, 3.05) is 0 Å². The van der Waals surface area contributed by atoms with Gasteiger partial charge in [0.15, 0.2) is 5.16 Å². The first-order chi connectivity index (χ1) is 11.6. The molecule has 0 spiro atoms. The second kappa shape index (κ2) is 7.34. The summed E-state index contributed by atoms with van der Waals surface area (Å²) in [6.07, 6.45) is 6.20. The molecule has 0 unspecified atom stereocenters. The number of aryl methyl sites for hydroxylation is 1. The number of hydrogen-bond donors (Lipinski definition) is 0. The summed E-state index contributed by atoms with van der Waals surface area (Å²) in [6, 6.07) is 5.74. The van der Waals surface area contributed by atoms with Crippen LogP contribution in [0.25, 0.3) is 0 Å². The number of nitro benzene ring substituents is 1. The van der Waals surface area contributed by atoms with Crippen LogP contribution < -0.4 is 0 Å². The third-order valence-corrected chi connectivity index (χ3v) is 5.74. The molecule has 128 valence electrons. The molecule has 1 saturated carbocycles. The van der Waals surface area contributed by atoms with Crippen LogP contribution in [0.5, 0.6) is 0 Å². The van der Waals surface area contributed by atoms with E-state index in [1.54, 1.807) is 23.9 Å². The maximum absolute atomic E-state index is 11.1. The van der Waals surface area contributed by atoms with E-state index in [-0.39, 0.29) is 10.6 Å². The molecule has 0 bridgehead atoms. The molecule has 1 aromatic heterocycles. The summed E-state index contributed by atoms with van der Waals surface area (Å²) in [5.74, 6) is 1.62. The van der Waals surface area contributed by atoms with Crippen molar-refractivity contribution in [1.29, 1.82) is 0 Å². The van der Waals surface area contributed by atoms with Gasteiger partial charge in [0.05, 0.1) is 4.92 Å². The van der Waals surface area contributed by atoms with Crippen LogP contribution in [0.4, 0.5) is 5.69 Å². The van der Waals surface area contributed by atoms with Gasteiger partial charge in [0.25, 0.3) is 5.69 Å². The predicted molar refractivity (Wildman–Crippen MR) is 94.3 cm³/mol. The zero-order chi connectivity index (χ0) is 17.1. The number of aromatic nitrogens is 3. The van der Waals surface area contributed by atoms with Crippen molar-refractivity contribution in [2.45, 2.75) is 62.9 Å². The van der Waals surface area contributed by atoms with Crippen molar-refractivity contribution < 1.29 is 4.92 Å². The Morgan fingerprint density at radius 3 is 2.71 bits per heavy atom. The number of rotatable bonds is 5. The van der Waals surface area contributed by atoms with Gasteiger partial charge >= 0.3 is 0 Å². The van der Waals surface area contributed by atoms with Gasteiger partial charge in [-0.25, -0.2) is 0 Å². The highest BCUT2D eigenvalue weighted by atomic mass is 32.2. The summed E-state index contributed by atoms with van der Waals surface area (Å²) in [7, 11) is 0. The molecule has 1 aliphatic carbocycles. The van der Waals surface area contributed by atoms with Gasteiger partial charge in [0, 0.05) is 23.4 Å². The summed E-state index contributed by atoms with van der Waals surface area (Å²) in [5.41, 5.74) is 1.89. The molecule has 7 heteroatoms. The lowest BCUT2D eigenvalue weighted by molar-refractivity contribution is -0.385. The summed E-state index contributed by atoms with van der Waals surface area (Å²) in [6.45, 7) is 3.81. The van der Waals surface area contributed by atoms with E-state index in [2.05, 4.69) is 14.8 Å². The van der Waals surface area contributed by atoms with Crippen LogP contribution in [0, 0.1) is 24.0 Å². The van der Waals surface area contributed by atoms with E-state index in [4.69, 9.17) is 0 Å². The first-order valence-corrected chi connectivity index (χ1v) is 9.33. The standard InChI is InChI=1S/C17H22N4O2S/c1-12-14(7-6-10-16(12)21(22)23)11-24-17-19-18-13(2)20(17)15-8-4-3-5-9-15/h6-7,10,15H,3-5,8-9,11H2,1-2H3.